The van der Waals surface area contributed by atoms with Gasteiger partial charge in [-0.25, -0.2) is 4.99 Å². The molecule has 0 fully saturated rings. The van der Waals surface area contributed by atoms with Crippen molar-refractivity contribution in [1.29, 1.82) is 0 Å². The van der Waals surface area contributed by atoms with Gasteiger partial charge in [-0.1, -0.05) is 0 Å². The van der Waals surface area contributed by atoms with Gasteiger partial charge in [0.05, 0.1) is 0 Å². The van der Waals surface area contributed by atoms with Gasteiger partial charge in [-0.15, -0.1) is 12.4 Å². The third-order valence-corrected chi connectivity index (χ3v) is 1.10. The van der Waals surface area contributed by atoms with E-state index in [1.165, 1.54) is 0 Å². The van der Waals surface area contributed by atoms with Crippen LogP contribution in [0.3, 0.4) is 0 Å². The van der Waals surface area contributed by atoms with E-state index in [0.29, 0.717) is 0 Å². The van der Waals surface area contributed by atoms with E-state index in [-0.39, 0.29) is 12.4 Å². The number of halogens is 1. The van der Waals surface area contributed by atoms with Crippen molar-refractivity contribution in [3.05, 3.63) is 6.08 Å². The molecule has 0 aliphatic heterocycles. The third-order valence-electron chi connectivity index (χ3n) is 1.10. The fourth-order valence-corrected chi connectivity index (χ4v) is 0.622. The maximum absolute atomic E-state index is 4.03. The predicted octanol–water partition coefficient (Wildman–Crippen LogP) is 1.61. The molecule has 0 aromatic rings. The lowest BCUT2D eigenvalue weighted by Gasteiger charge is -2.05. The van der Waals surface area contributed by atoms with Crippen molar-refractivity contribution in [3.63, 3.8) is 0 Å². The molecular weight excluding hydrogens is 160 g/mol. The Morgan fingerprint density at radius 3 is 2.55 bits per heavy atom. The summed E-state index contributed by atoms with van der Waals surface area (Å²) >= 11 is 0. The van der Waals surface area contributed by atoms with Crippen LogP contribution in [-0.2, 0) is 0 Å². The molecule has 3 heteroatoms. The molecule has 0 rings (SSSR count). The molecular formula is C8H17ClN2. The lowest BCUT2D eigenvalue weighted by molar-refractivity contribution is 0.403. The molecule has 0 saturated carbocycles. The Kier molecular flexibility index (Phi) is 11.7. The summed E-state index contributed by atoms with van der Waals surface area (Å²) in [5.74, 6) is 2.80. The van der Waals surface area contributed by atoms with Crippen LogP contribution >= 0.6 is 12.4 Å². The normalized spacial score (nSPS) is 8.36. The van der Waals surface area contributed by atoms with Crippen molar-refractivity contribution < 1.29 is 0 Å². The summed E-state index contributed by atoms with van der Waals surface area (Å²) in [6, 6.07) is 0. The Labute approximate surface area is 75.4 Å². The summed E-state index contributed by atoms with van der Waals surface area (Å²) < 4.78 is 0. The molecule has 0 amide bonds. The molecule has 0 spiro atoms. The zero-order valence-electron chi connectivity index (χ0n) is 7.50. The first-order valence-electron chi connectivity index (χ1n) is 3.62. The van der Waals surface area contributed by atoms with E-state index in [1.807, 2.05) is 13.0 Å². The van der Waals surface area contributed by atoms with Gasteiger partial charge in [0.25, 0.3) is 0 Å². The highest BCUT2D eigenvalue weighted by molar-refractivity contribution is 5.85. The molecule has 0 heterocycles. The minimum absolute atomic E-state index is 0. The molecule has 0 aliphatic carbocycles. The molecule has 0 aromatic carbocycles. The molecule has 11 heavy (non-hydrogen) atoms. The SMILES string of the molecule is CC=C=NCCCN(C)C.Cl. The minimum Gasteiger partial charge on any atom is -0.309 e. The molecule has 0 radical (unpaired) electrons. The number of hydrogen-bond acceptors (Lipinski definition) is 2. The highest BCUT2D eigenvalue weighted by Crippen LogP contribution is 1.82. The summed E-state index contributed by atoms with van der Waals surface area (Å²) in [6.07, 6.45) is 2.95. The monoisotopic (exact) mass is 176 g/mol. The van der Waals surface area contributed by atoms with Crippen molar-refractivity contribution in [2.45, 2.75) is 13.3 Å². The summed E-state index contributed by atoms with van der Waals surface area (Å²) in [5.41, 5.74) is 0. The van der Waals surface area contributed by atoms with E-state index in [4.69, 9.17) is 0 Å². The zero-order chi connectivity index (χ0) is 7.82. The van der Waals surface area contributed by atoms with E-state index in [1.54, 1.807) is 0 Å². The van der Waals surface area contributed by atoms with Gasteiger partial charge < -0.3 is 4.90 Å². The molecule has 0 saturated heterocycles. The van der Waals surface area contributed by atoms with Gasteiger partial charge >= 0.3 is 0 Å². The average Bonchev–Trinajstić information content (AvgIpc) is 1.87. The van der Waals surface area contributed by atoms with Crippen LogP contribution < -0.4 is 0 Å². The second kappa shape index (κ2) is 9.70. The van der Waals surface area contributed by atoms with Crippen molar-refractivity contribution in [1.82, 2.24) is 4.90 Å². The molecule has 0 unspecified atom stereocenters. The van der Waals surface area contributed by atoms with Crippen LogP contribution in [0.15, 0.2) is 11.1 Å². The second-order valence-electron chi connectivity index (χ2n) is 2.46. The van der Waals surface area contributed by atoms with Crippen LogP contribution in [0.25, 0.3) is 0 Å². The third kappa shape index (κ3) is 12.8. The maximum Gasteiger partial charge on any atom is 0.0496 e. The zero-order valence-corrected chi connectivity index (χ0v) is 8.32. The number of allylic oxidation sites excluding steroid dienone is 1. The average molecular weight is 177 g/mol. The van der Waals surface area contributed by atoms with E-state index < -0.39 is 0 Å². The molecule has 0 aliphatic rings. The fraction of sp³-hybridized carbons (Fsp3) is 0.750. The summed E-state index contributed by atoms with van der Waals surface area (Å²) in [7, 11) is 4.14. The topological polar surface area (TPSA) is 15.6 Å². The minimum atomic E-state index is 0. The van der Waals surface area contributed by atoms with E-state index in [2.05, 4.69) is 29.9 Å². The molecule has 66 valence electrons. The Hall–Kier alpha value is -0.300. The Morgan fingerprint density at radius 1 is 1.45 bits per heavy atom. The lowest BCUT2D eigenvalue weighted by Crippen LogP contribution is -2.13. The van der Waals surface area contributed by atoms with Gasteiger partial charge in [0.2, 0.25) is 0 Å². The highest BCUT2D eigenvalue weighted by Gasteiger charge is 1.86. The first-order chi connectivity index (χ1) is 4.77. The van der Waals surface area contributed by atoms with Gasteiger partial charge in [-0.3, -0.25) is 0 Å². The van der Waals surface area contributed by atoms with Crippen LogP contribution in [0.5, 0.6) is 0 Å². The summed E-state index contributed by atoms with van der Waals surface area (Å²) in [4.78, 5) is 6.19. The maximum atomic E-state index is 4.03. The summed E-state index contributed by atoms with van der Waals surface area (Å²) in [5, 5.41) is 0. The van der Waals surface area contributed by atoms with Crippen LogP contribution in [0.4, 0.5) is 0 Å². The first-order valence-corrected chi connectivity index (χ1v) is 3.62. The molecule has 2 nitrogen and oxygen atoms in total. The van der Waals surface area contributed by atoms with Crippen molar-refractivity contribution >= 4 is 18.3 Å². The van der Waals surface area contributed by atoms with Crippen molar-refractivity contribution in [2.24, 2.45) is 4.99 Å². The Balaban J connectivity index is 0. The highest BCUT2D eigenvalue weighted by atomic mass is 35.5. The smallest absolute Gasteiger partial charge is 0.0496 e. The number of aliphatic imine (C=N–C) groups is 1. The van der Waals surface area contributed by atoms with E-state index >= 15 is 0 Å². The molecule has 0 atom stereocenters. The first kappa shape index (κ1) is 13.3. The molecule has 0 bridgehead atoms. The molecule has 0 N–H and O–H groups in total. The van der Waals surface area contributed by atoms with Crippen molar-refractivity contribution in [3.8, 4) is 0 Å². The number of rotatable bonds is 4. The van der Waals surface area contributed by atoms with Crippen molar-refractivity contribution in [2.75, 3.05) is 27.2 Å². The van der Waals surface area contributed by atoms with Crippen LogP contribution in [0.1, 0.15) is 13.3 Å². The quantitative estimate of drug-likeness (QED) is 0.470. The van der Waals surface area contributed by atoms with E-state index in [9.17, 15) is 0 Å². The van der Waals surface area contributed by atoms with Gasteiger partial charge in [-0.2, -0.15) is 0 Å². The van der Waals surface area contributed by atoms with Crippen LogP contribution in [0.2, 0.25) is 0 Å². The standard InChI is InChI=1S/C8H16N2.ClH/c1-4-6-9-7-5-8-10(2)3;/h4H,5,7-8H2,1-3H3;1H. The van der Waals surface area contributed by atoms with Gasteiger partial charge in [0, 0.05) is 6.54 Å². The van der Waals surface area contributed by atoms with Crippen LogP contribution in [-0.4, -0.2) is 38.0 Å². The Morgan fingerprint density at radius 2 is 2.09 bits per heavy atom. The Bertz CT molecular complexity index is 126. The lowest BCUT2D eigenvalue weighted by atomic mass is 10.4. The number of nitrogens with zero attached hydrogens (tertiary/aromatic N) is 2. The van der Waals surface area contributed by atoms with Crippen LogP contribution in [0, 0.1) is 0 Å². The van der Waals surface area contributed by atoms with Gasteiger partial charge in [-0.05, 0) is 45.9 Å². The largest absolute Gasteiger partial charge is 0.309 e. The number of hydrogen-bond donors (Lipinski definition) is 0. The fourth-order valence-electron chi connectivity index (χ4n) is 0.622. The second-order valence-corrected chi connectivity index (χ2v) is 2.46. The van der Waals surface area contributed by atoms with E-state index in [0.717, 1.165) is 19.5 Å². The van der Waals surface area contributed by atoms with Gasteiger partial charge in [0.1, 0.15) is 0 Å². The predicted molar refractivity (Wildman–Crippen MR) is 53.0 cm³/mol. The molecule has 0 aromatic heterocycles. The van der Waals surface area contributed by atoms with Gasteiger partial charge in [0.15, 0.2) is 0 Å². The summed E-state index contributed by atoms with van der Waals surface area (Å²) in [6.45, 7) is 3.92.